The highest BCUT2D eigenvalue weighted by Crippen LogP contribution is 2.32. The summed E-state index contributed by atoms with van der Waals surface area (Å²) < 4.78 is 15.3. The molecule has 8 nitrogen and oxygen atoms in total. The van der Waals surface area contributed by atoms with Crippen molar-refractivity contribution in [3.63, 3.8) is 0 Å². The second-order valence-corrected chi connectivity index (χ2v) is 5.51. The van der Waals surface area contributed by atoms with Crippen molar-refractivity contribution in [3.05, 3.63) is 47.5 Å². The molecule has 0 aliphatic heterocycles. The number of carboxylic acids is 1. The molecule has 0 fully saturated rings. The van der Waals surface area contributed by atoms with Crippen molar-refractivity contribution < 1.29 is 24.1 Å². The number of benzene rings is 2. The molecule has 0 radical (unpaired) electrons. The molecule has 0 unspecified atom stereocenters. The number of carbonyl (C=O) groups is 1. The molecule has 0 saturated heterocycles. The maximum atomic E-state index is 11.5. The highest BCUT2D eigenvalue weighted by Gasteiger charge is 2.15. The van der Waals surface area contributed by atoms with E-state index in [9.17, 15) is 9.90 Å². The van der Waals surface area contributed by atoms with E-state index >= 15 is 0 Å². The molecule has 0 aliphatic rings. The van der Waals surface area contributed by atoms with Crippen molar-refractivity contribution in [1.82, 2.24) is 5.43 Å². The maximum Gasteiger partial charge on any atom is 0.191 e. The molecule has 0 aromatic heterocycles. The highest BCUT2D eigenvalue weighted by molar-refractivity contribution is 7.80. The van der Waals surface area contributed by atoms with E-state index in [0.717, 1.165) is 11.4 Å². The first-order valence-corrected chi connectivity index (χ1v) is 8.11. The smallest absolute Gasteiger partial charge is 0.191 e. The van der Waals surface area contributed by atoms with Crippen molar-refractivity contribution in [2.75, 3.05) is 26.6 Å². The minimum atomic E-state index is -1.41. The number of hydrazone groups is 1. The first-order valence-electron chi connectivity index (χ1n) is 7.70. The number of hydrogen-bond donors (Lipinski definition) is 2. The van der Waals surface area contributed by atoms with Gasteiger partial charge in [0.15, 0.2) is 16.6 Å². The molecule has 2 N–H and O–H groups in total. The standard InChI is InChI=1S/C18H19N3O5S/c1-24-13-7-5-12(6-8-13)20-18(27)21-19-10-11-4-9-14(25-2)16(26-3)15(11)17(22)23/h4-10H,1-3H3,(H,22,23)(H2,20,21,27)/p-1/b19-10-. The number of thiocarbonyl (C=S) groups is 1. The van der Waals surface area contributed by atoms with Crippen LogP contribution >= 0.6 is 12.2 Å². The van der Waals surface area contributed by atoms with Gasteiger partial charge in [-0.3, -0.25) is 5.43 Å². The summed E-state index contributed by atoms with van der Waals surface area (Å²) in [4.78, 5) is 11.5. The minimum Gasteiger partial charge on any atom is -0.545 e. The molecule has 2 aromatic carbocycles. The Balaban J connectivity index is 2.10. The fraction of sp³-hybridized carbons (Fsp3) is 0.167. The number of aromatic carboxylic acids is 1. The topological polar surface area (TPSA) is 104 Å². The van der Waals surface area contributed by atoms with Crippen LogP contribution in [0.3, 0.4) is 0 Å². The molecule has 2 rings (SSSR count). The number of nitrogens with zero attached hydrogens (tertiary/aromatic N) is 1. The molecule has 27 heavy (non-hydrogen) atoms. The van der Waals surface area contributed by atoms with Crippen molar-refractivity contribution >= 4 is 35.2 Å². The van der Waals surface area contributed by atoms with E-state index < -0.39 is 5.97 Å². The molecular weight excluding hydrogens is 370 g/mol. The summed E-state index contributed by atoms with van der Waals surface area (Å²) in [5.41, 5.74) is 3.46. The predicted octanol–water partition coefficient (Wildman–Crippen LogP) is 1.40. The van der Waals surface area contributed by atoms with Gasteiger partial charge in [-0.2, -0.15) is 5.10 Å². The average Bonchev–Trinajstić information content (AvgIpc) is 2.67. The third-order valence-corrected chi connectivity index (χ3v) is 3.69. The molecule has 0 aliphatic carbocycles. The Morgan fingerprint density at radius 3 is 2.33 bits per heavy atom. The van der Waals surface area contributed by atoms with E-state index in [2.05, 4.69) is 15.8 Å². The molecule has 0 saturated carbocycles. The summed E-state index contributed by atoms with van der Waals surface area (Å²) in [6.07, 6.45) is 1.30. The van der Waals surface area contributed by atoms with E-state index in [1.807, 2.05) is 0 Å². The third kappa shape index (κ3) is 5.08. The zero-order valence-corrected chi connectivity index (χ0v) is 15.8. The zero-order valence-electron chi connectivity index (χ0n) is 14.9. The van der Waals surface area contributed by atoms with Gasteiger partial charge >= 0.3 is 0 Å². The third-order valence-electron chi connectivity index (χ3n) is 3.50. The van der Waals surface area contributed by atoms with Crippen molar-refractivity contribution in [1.29, 1.82) is 0 Å². The van der Waals surface area contributed by atoms with E-state index in [0.29, 0.717) is 0 Å². The molecule has 9 heteroatoms. The maximum absolute atomic E-state index is 11.5. The minimum absolute atomic E-state index is 0.0559. The number of anilines is 1. The van der Waals surface area contributed by atoms with Gasteiger partial charge in [-0.05, 0) is 48.6 Å². The van der Waals surface area contributed by atoms with Crippen molar-refractivity contribution in [3.8, 4) is 17.2 Å². The quantitative estimate of drug-likeness (QED) is 0.417. The Bertz CT molecular complexity index is 853. The number of carboxylic acid groups (broad SMARTS) is 1. The number of carbonyl (C=O) groups excluding carboxylic acids is 1. The van der Waals surface area contributed by atoms with E-state index in [-0.39, 0.29) is 27.7 Å². The molecule has 142 valence electrons. The van der Waals surface area contributed by atoms with Gasteiger partial charge in [-0.15, -0.1) is 0 Å². The summed E-state index contributed by atoms with van der Waals surface area (Å²) in [5.74, 6) is -0.356. The first kappa shape index (κ1) is 20.0. The molecule has 2 aromatic rings. The highest BCUT2D eigenvalue weighted by atomic mass is 32.1. The van der Waals surface area contributed by atoms with Gasteiger partial charge in [0.2, 0.25) is 0 Å². The fourth-order valence-electron chi connectivity index (χ4n) is 2.25. The molecule has 0 amide bonds. The number of ether oxygens (including phenoxy) is 3. The van der Waals surface area contributed by atoms with E-state index in [4.69, 9.17) is 26.4 Å². The Morgan fingerprint density at radius 2 is 1.78 bits per heavy atom. The molecule has 0 bridgehead atoms. The fourth-order valence-corrected chi connectivity index (χ4v) is 2.42. The van der Waals surface area contributed by atoms with Crippen LogP contribution in [0.2, 0.25) is 0 Å². The predicted molar refractivity (Wildman–Crippen MR) is 104 cm³/mol. The van der Waals surface area contributed by atoms with E-state index in [1.54, 1.807) is 37.4 Å². The van der Waals surface area contributed by atoms with Gasteiger partial charge in [0, 0.05) is 11.3 Å². The number of rotatable bonds is 7. The van der Waals surface area contributed by atoms with Gasteiger partial charge in [-0.25, -0.2) is 0 Å². The van der Waals surface area contributed by atoms with Gasteiger partial charge in [0.25, 0.3) is 0 Å². The molecule has 0 atom stereocenters. The van der Waals surface area contributed by atoms with Crippen LogP contribution in [-0.4, -0.2) is 38.6 Å². The number of hydrogen-bond acceptors (Lipinski definition) is 7. The largest absolute Gasteiger partial charge is 0.545 e. The summed E-state index contributed by atoms with van der Waals surface area (Å²) in [6.45, 7) is 0. The van der Waals surface area contributed by atoms with Crippen LogP contribution in [0.1, 0.15) is 15.9 Å². The Labute approximate surface area is 161 Å². The lowest BCUT2D eigenvalue weighted by atomic mass is 10.1. The Morgan fingerprint density at radius 1 is 1.07 bits per heavy atom. The summed E-state index contributed by atoms with van der Waals surface area (Å²) in [7, 11) is 4.34. The number of methoxy groups -OCH3 is 3. The monoisotopic (exact) mass is 388 g/mol. The number of nitrogens with one attached hydrogen (secondary N) is 2. The van der Waals surface area contributed by atoms with Crippen LogP contribution in [0.5, 0.6) is 17.2 Å². The lowest BCUT2D eigenvalue weighted by molar-refractivity contribution is -0.255. The van der Waals surface area contributed by atoms with Crippen LogP contribution < -0.4 is 30.1 Å². The Kier molecular flexibility index (Phi) is 6.95. The lowest BCUT2D eigenvalue weighted by Gasteiger charge is -2.15. The average molecular weight is 388 g/mol. The van der Waals surface area contributed by atoms with Crippen LogP contribution in [-0.2, 0) is 0 Å². The van der Waals surface area contributed by atoms with Crippen LogP contribution in [0.15, 0.2) is 41.5 Å². The zero-order chi connectivity index (χ0) is 19.8. The SMILES string of the molecule is COc1ccc(NC(=S)N/N=C\c2ccc(OC)c(OC)c2C(=O)[O-])cc1. The summed E-state index contributed by atoms with van der Waals surface area (Å²) >= 11 is 5.14. The molecule has 0 spiro atoms. The second kappa shape index (κ2) is 9.39. The summed E-state index contributed by atoms with van der Waals surface area (Å²) in [5, 5.41) is 18.6. The first-order chi connectivity index (χ1) is 13.0. The van der Waals surface area contributed by atoms with Crippen LogP contribution in [0.25, 0.3) is 0 Å². The van der Waals surface area contributed by atoms with E-state index in [1.165, 1.54) is 26.5 Å². The van der Waals surface area contributed by atoms with Gasteiger partial charge < -0.3 is 29.4 Å². The molecule has 0 heterocycles. The normalized spacial score (nSPS) is 10.3. The van der Waals surface area contributed by atoms with Crippen LogP contribution in [0, 0.1) is 0 Å². The van der Waals surface area contributed by atoms with Crippen molar-refractivity contribution in [2.45, 2.75) is 0 Å². The molecular formula is C18H18N3O5S-. The Hall–Kier alpha value is -3.33. The van der Waals surface area contributed by atoms with Gasteiger partial charge in [0.05, 0.1) is 39.1 Å². The van der Waals surface area contributed by atoms with Crippen LogP contribution in [0.4, 0.5) is 5.69 Å². The summed E-state index contributed by atoms with van der Waals surface area (Å²) in [6, 6.07) is 10.2. The lowest BCUT2D eigenvalue weighted by Crippen LogP contribution is -2.26. The van der Waals surface area contributed by atoms with Crippen molar-refractivity contribution in [2.24, 2.45) is 5.10 Å². The van der Waals surface area contributed by atoms with Gasteiger partial charge in [0.1, 0.15) is 5.75 Å². The van der Waals surface area contributed by atoms with Gasteiger partial charge in [-0.1, -0.05) is 0 Å². The second-order valence-electron chi connectivity index (χ2n) is 5.11.